The van der Waals surface area contributed by atoms with Crippen molar-refractivity contribution in [3.05, 3.63) is 53.5 Å². The molecule has 1 aliphatic rings. The van der Waals surface area contributed by atoms with Crippen LogP contribution in [0, 0.1) is 12.7 Å². The topological polar surface area (TPSA) is 53.5 Å². The third kappa shape index (κ3) is 4.16. The summed E-state index contributed by atoms with van der Waals surface area (Å²) in [6.45, 7) is 1.42. The number of benzene rings is 1. The van der Waals surface area contributed by atoms with E-state index in [9.17, 15) is 26.6 Å². The Balaban J connectivity index is 1.93. The van der Waals surface area contributed by atoms with Crippen molar-refractivity contribution in [2.45, 2.75) is 19.1 Å². The lowest BCUT2D eigenvalue weighted by Crippen LogP contribution is -2.46. The van der Waals surface area contributed by atoms with Crippen molar-refractivity contribution in [1.82, 2.24) is 4.98 Å². The van der Waals surface area contributed by atoms with E-state index in [4.69, 9.17) is 0 Å². The number of carbonyl (C=O) groups excluding carboxylic acids is 1. The van der Waals surface area contributed by atoms with Crippen molar-refractivity contribution in [2.24, 2.45) is 0 Å². The number of rotatable bonds is 3. The lowest BCUT2D eigenvalue weighted by Gasteiger charge is -2.28. The van der Waals surface area contributed by atoms with E-state index < -0.39 is 40.3 Å². The molecule has 1 aliphatic heterocycles. The van der Waals surface area contributed by atoms with Crippen LogP contribution in [0.5, 0.6) is 0 Å². The summed E-state index contributed by atoms with van der Waals surface area (Å²) >= 11 is 0. The molecule has 2 heterocycles. The van der Waals surface area contributed by atoms with Gasteiger partial charge >= 0.3 is 6.18 Å². The smallest absolute Gasteiger partial charge is 0.332 e. The lowest BCUT2D eigenvalue weighted by atomic mass is 10.2. The number of carbonyl (C=O) groups is 1. The Labute approximate surface area is 161 Å². The fourth-order valence-electron chi connectivity index (χ4n) is 2.97. The molecule has 0 N–H and O–H groups in total. The Morgan fingerprint density at radius 3 is 2.50 bits per heavy atom. The van der Waals surface area contributed by atoms with Crippen molar-refractivity contribution in [3.8, 4) is 0 Å². The molecule has 3 rings (SSSR count). The Hall–Kier alpha value is -2.49. The fourth-order valence-corrected chi connectivity index (χ4v) is 4.37. The van der Waals surface area contributed by atoms with E-state index in [-0.39, 0.29) is 23.1 Å². The van der Waals surface area contributed by atoms with E-state index in [2.05, 4.69) is 4.98 Å². The highest BCUT2D eigenvalue weighted by atomic mass is 32.2. The van der Waals surface area contributed by atoms with Crippen molar-refractivity contribution < 1.29 is 26.6 Å². The zero-order chi connectivity index (χ0) is 20.6. The summed E-state index contributed by atoms with van der Waals surface area (Å²) in [6.07, 6.45) is -4.56. The molecular formula is C18H17F4N3O2S. The summed E-state index contributed by atoms with van der Waals surface area (Å²) in [5.74, 6) is -1.10. The third-order valence-electron chi connectivity index (χ3n) is 4.39. The Morgan fingerprint density at radius 1 is 1.25 bits per heavy atom. The highest BCUT2D eigenvalue weighted by Gasteiger charge is 2.39. The summed E-state index contributed by atoms with van der Waals surface area (Å²) < 4.78 is 64.6. The summed E-state index contributed by atoms with van der Waals surface area (Å²) in [5, 5.41) is 0. The molecule has 1 saturated heterocycles. The second-order valence-corrected chi connectivity index (χ2v) is 7.92. The molecule has 10 heteroatoms. The zero-order valence-electron chi connectivity index (χ0n) is 15.0. The molecule has 28 heavy (non-hydrogen) atoms. The molecule has 2 atom stereocenters. The van der Waals surface area contributed by atoms with Crippen LogP contribution in [0.15, 0.2) is 36.4 Å². The van der Waals surface area contributed by atoms with Gasteiger partial charge in [0.1, 0.15) is 17.7 Å². The first kappa shape index (κ1) is 20.2. The predicted molar refractivity (Wildman–Crippen MR) is 97.9 cm³/mol. The minimum atomic E-state index is -4.56. The van der Waals surface area contributed by atoms with E-state index in [1.807, 2.05) is 0 Å². The molecule has 2 aromatic rings. The summed E-state index contributed by atoms with van der Waals surface area (Å²) in [6, 6.07) is 6.05. The second-order valence-electron chi connectivity index (χ2n) is 6.45. The number of amides is 1. The molecule has 1 aromatic heterocycles. The number of likely N-dealkylation sites (N-methyl/N-ethyl adjacent to an activating group) is 1. The minimum Gasteiger partial charge on any atom is -0.332 e. The van der Waals surface area contributed by atoms with Crippen LogP contribution < -0.4 is 9.80 Å². The van der Waals surface area contributed by atoms with E-state index in [0.717, 1.165) is 12.1 Å². The Kier molecular flexibility index (Phi) is 5.42. The van der Waals surface area contributed by atoms with Gasteiger partial charge in [-0.25, -0.2) is 9.37 Å². The van der Waals surface area contributed by atoms with Crippen molar-refractivity contribution in [2.75, 3.05) is 28.5 Å². The van der Waals surface area contributed by atoms with E-state index >= 15 is 0 Å². The first-order valence-corrected chi connectivity index (χ1v) is 9.75. The number of nitrogens with zero attached hydrogens (tertiary/aromatic N) is 3. The SMILES string of the molecule is Cc1cc(C(F)(F)F)cc(N2CS(=O)C[C@@H]2C(=O)N(C)c2ccc(F)cc2)n1. The lowest BCUT2D eigenvalue weighted by molar-refractivity contribution is -0.137. The van der Waals surface area contributed by atoms with Gasteiger partial charge in [-0.3, -0.25) is 9.00 Å². The van der Waals surface area contributed by atoms with Gasteiger partial charge in [0.25, 0.3) is 0 Å². The molecule has 0 radical (unpaired) electrons. The number of hydrogen-bond donors (Lipinski definition) is 0. The number of aromatic nitrogens is 1. The average Bonchev–Trinajstić information content (AvgIpc) is 3.01. The normalized spacial score (nSPS) is 19.7. The Bertz CT molecular complexity index is 918. The van der Waals surface area contributed by atoms with Crippen LogP contribution in [0.25, 0.3) is 0 Å². The predicted octanol–water partition coefficient (Wildman–Crippen LogP) is 3.11. The molecule has 1 unspecified atom stereocenters. The molecule has 0 aliphatic carbocycles. The number of halogens is 4. The van der Waals surface area contributed by atoms with Gasteiger partial charge in [0, 0.05) is 29.2 Å². The molecule has 1 amide bonds. The van der Waals surface area contributed by atoms with Crippen LogP contribution >= 0.6 is 0 Å². The number of hydrogen-bond acceptors (Lipinski definition) is 4. The van der Waals surface area contributed by atoms with Gasteiger partial charge in [-0.15, -0.1) is 0 Å². The van der Waals surface area contributed by atoms with Crippen LogP contribution in [0.4, 0.5) is 29.1 Å². The molecule has 150 valence electrons. The standard InChI is InChI=1S/C18H17F4N3O2S/c1-11-7-12(18(20,21)22)8-16(23-11)25-10-28(27)9-15(25)17(26)24(2)14-5-3-13(19)4-6-14/h3-8,15H,9-10H2,1-2H3/t15-,28?/m1/s1. The molecular weight excluding hydrogens is 398 g/mol. The molecule has 0 bridgehead atoms. The maximum absolute atomic E-state index is 13.1. The molecule has 0 spiro atoms. The monoisotopic (exact) mass is 415 g/mol. The van der Waals surface area contributed by atoms with Gasteiger partial charge in [0.05, 0.1) is 17.2 Å². The molecule has 1 aromatic carbocycles. The number of pyridine rings is 1. The summed E-state index contributed by atoms with van der Waals surface area (Å²) in [5.41, 5.74) is -0.330. The van der Waals surface area contributed by atoms with Crippen molar-refractivity contribution in [3.63, 3.8) is 0 Å². The summed E-state index contributed by atoms with van der Waals surface area (Å²) in [7, 11) is 0.0542. The summed E-state index contributed by atoms with van der Waals surface area (Å²) in [4.78, 5) is 19.6. The minimum absolute atomic E-state index is 0.0264. The van der Waals surface area contributed by atoms with Gasteiger partial charge in [-0.05, 0) is 43.3 Å². The highest BCUT2D eigenvalue weighted by Crippen LogP contribution is 2.33. The van der Waals surface area contributed by atoms with Gasteiger partial charge in [-0.2, -0.15) is 13.2 Å². The number of alkyl halides is 3. The van der Waals surface area contributed by atoms with Crippen LogP contribution in [-0.4, -0.2) is 39.8 Å². The molecule has 0 saturated carbocycles. The van der Waals surface area contributed by atoms with E-state index in [0.29, 0.717) is 5.69 Å². The highest BCUT2D eigenvalue weighted by molar-refractivity contribution is 7.85. The van der Waals surface area contributed by atoms with Crippen molar-refractivity contribution >= 4 is 28.2 Å². The molecule has 1 fully saturated rings. The average molecular weight is 415 g/mol. The van der Waals surface area contributed by atoms with Crippen LogP contribution in [0.2, 0.25) is 0 Å². The van der Waals surface area contributed by atoms with Gasteiger partial charge < -0.3 is 9.80 Å². The van der Waals surface area contributed by atoms with Gasteiger partial charge in [0.15, 0.2) is 0 Å². The maximum atomic E-state index is 13.1. The van der Waals surface area contributed by atoms with Crippen LogP contribution in [0.1, 0.15) is 11.3 Å². The first-order valence-electron chi connectivity index (χ1n) is 8.27. The fraction of sp³-hybridized carbons (Fsp3) is 0.333. The van der Waals surface area contributed by atoms with Gasteiger partial charge in [-0.1, -0.05) is 0 Å². The quantitative estimate of drug-likeness (QED) is 0.723. The van der Waals surface area contributed by atoms with Crippen LogP contribution in [0.3, 0.4) is 0 Å². The van der Waals surface area contributed by atoms with Crippen LogP contribution in [-0.2, 0) is 21.8 Å². The molecule has 5 nitrogen and oxygen atoms in total. The first-order chi connectivity index (χ1) is 13.1. The van der Waals surface area contributed by atoms with Gasteiger partial charge in [0.2, 0.25) is 5.91 Å². The second kappa shape index (κ2) is 7.50. The number of anilines is 2. The van der Waals surface area contributed by atoms with E-state index in [1.54, 1.807) is 0 Å². The Morgan fingerprint density at radius 2 is 1.89 bits per heavy atom. The maximum Gasteiger partial charge on any atom is 0.416 e. The van der Waals surface area contributed by atoms with E-state index in [1.165, 1.54) is 48.0 Å². The largest absolute Gasteiger partial charge is 0.416 e. The third-order valence-corrected chi connectivity index (χ3v) is 5.65. The van der Waals surface area contributed by atoms with Crippen molar-refractivity contribution in [1.29, 1.82) is 0 Å². The number of aryl methyl sites for hydroxylation is 1. The zero-order valence-corrected chi connectivity index (χ0v) is 15.9.